The Balaban J connectivity index is 0.00000208. The van der Waals surface area contributed by atoms with E-state index in [1.165, 1.54) is 19.3 Å². The highest BCUT2D eigenvalue weighted by Crippen LogP contribution is 2.57. The summed E-state index contributed by atoms with van der Waals surface area (Å²) in [5, 5.41) is 16.5. The van der Waals surface area contributed by atoms with Crippen LogP contribution in [0.5, 0.6) is 0 Å². The second-order valence-corrected chi connectivity index (χ2v) is 7.20. The van der Waals surface area contributed by atoms with Crippen LogP contribution in [0.4, 0.5) is 0 Å². The second kappa shape index (κ2) is 8.70. The number of halogens is 1. The number of ether oxygens (including phenoxy) is 1. The van der Waals surface area contributed by atoms with Crippen molar-refractivity contribution in [3.8, 4) is 6.07 Å². The molecule has 5 nitrogen and oxygen atoms in total. The number of nitriles is 1. The molecule has 4 unspecified atom stereocenters. The summed E-state index contributed by atoms with van der Waals surface area (Å²) in [5.74, 6) is 1.01. The van der Waals surface area contributed by atoms with Crippen LogP contribution in [-0.2, 0) is 4.74 Å². The molecule has 0 heterocycles. The summed E-state index contributed by atoms with van der Waals surface area (Å²) in [6.45, 7) is 5.70. The maximum absolute atomic E-state index is 9.28. The van der Waals surface area contributed by atoms with Gasteiger partial charge in [0.2, 0.25) is 0 Å². The van der Waals surface area contributed by atoms with E-state index < -0.39 is 0 Å². The first-order chi connectivity index (χ1) is 11.2. The van der Waals surface area contributed by atoms with Crippen LogP contribution in [0.2, 0.25) is 0 Å². The summed E-state index contributed by atoms with van der Waals surface area (Å²) < 4.78 is 5.93. The van der Waals surface area contributed by atoms with Crippen molar-refractivity contribution in [2.24, 2.45) is 16.3 Å². The molecular weight excluding hydrogens is 415 g/mol. The fourth-order valence-corrected chi connectivity index (χ4v) is 4.56. The third-order valence-corrected chi connectivity index (χ3v) is 6.07. The Bertz CT molecular complexity index is 486. The average Bonchev–Trinajstić information content (AvgIpc) is 2.91. The molecule has 3 rings (SSSR count). The molecule has 3 saturated carbocycles. The van der Waals surface area contributed by atoms with E-state index in [0.29, 0.717) is 17.6 Å². The van der Waals surface area contributed by atoms with Gasteiger partial charge in [-0.05, 0) is 52.4 Å². The molecule has 0 aromatic carbocycles. The number of hydrogen-bond donors (Lipinski definition) is 2. The first-order valence-electron chi connectivity index (χ1n) is 9.32. The minimum absolute atomic E-state index is 0. The van der Waals surface area contributed by atoms with Crippen LogP contribution in [0.15, 0.2) is 4.99 Å². The Morgan fingerprint density at radius 1 is 1.25 bits per heavy atom. The molecule has 24 heavy (non-hydrogen) atoms. The van der Waals surface area contributed by atoms with Crippen LogP contribution in [0, 0.1) is 22.7 Å². The Kier molecular flexibility index (Phi) is 7.17. The van der Waals surface area contributed by atoms with E-state index in [4.69, 9.17) is 4.74 Å². The molecule has 3 fully saturated rings. The lowest BCUT2D eigenvalue weighted by Crippen LogP contribution is -2.69. The molecular formula is C18H31IN4O. The zero-order valence-corrected chi connectivity index (χ0v) is 17.2. The van der Waals surface area contributed by atoms with Crippen molar-refractivity contribution < 1.29 is 4.74 Å². The van der Waals surface area contributed by atoms with E-state index in [-0.39, 0.29) is 35.9 Å². The lowest BCUT2D eigenvalue weighted by Gasteiger charge is -2.61. The number of hydrogen-bond acceptors (Lipinski definition) is 3. The lowest BCUT2D eigenvalue weighted by atomic mass is 9.51. The van der Waals surface area contributed by atoms with Crippen molar-refractivity contribution in [1.82, 2.24) is 10.6 Å². The van der Waals surface area contributed by atoms with Crippen LogP contribution < -0.4 is 10.6 Å². The molecule has 6 heteroatoms. The van der Waals surface area contributed by atoms with Crippen LogP contribution in [0.25, 0.3) is 0 Å². The van der Waals surface area contributed by atoms with Crippen molar-refractivity contribution in [3.63, 3.8) is 0 Å². The van der Waals surface area contributed by atoms with E-state index >= 15 is 0 Å². The monoisotopic (exact) mass is 446 g/mol. The van der Waals surface area contributed by atoms with E-state index in [1.807, 2.05) is 0 Å². The van der Waals surface area contributed by atoms with Gasteiger partial charge in [0.1, 0.15) is 0 Å². The Labute approximate surface area is 163 Å². The SMILES string of the molecule is CCN=C(NC1CCCC1C#N)NC1CC(OCC)C12CCC2.I. The average molecular weight is 446 g/mol. The highest BCUT2D eigenvalue weighted by molar-refractivity contribution is 14.0. The number of nitrogens with one attached hydrogen (secondary N) is 2. The molecule has 0 aromatic rings. The topological polar surface area (TPSA) is 69.4 Å². The predicted octanol–water partition coefficient (Wildman–Crippen LogP) is 3.20. The van der Waals surface area contributed by atoms with Gasteiger partial charge < -0.3 is 15.4 Å². The highest BCUT2D eigenvalue weighted by atomic mass is 127. The molecule has 1 spiro atoms. The van der Waals surface area contributed by atoms with Gasteiger partial charge in [0.05, 0.1) is 18.1 Å². The predicted molar refractivity (Wildman–Crippen MR) is 107 cm³/mol. The molecule has 0 saturated heterocycles. The summed E-state index contributed by atoms with van der Waals surface area (Å²) in [4.78, 5) is 4.62. The highest BCUT2D eigenvalue weighted by Gasteiger charge is 2.59. The Morgan fingerprint density at radius 3 is 2.62 bits per heavy atom. The Hall–Kier alpha value is -0.550. The summed E-state index contributed by atoms with van der Waals surface area (Å²) in [6, 6.07) is 3.15. The molecule has 136 valence electrons. The van der Waals surface area contributed by atoms with E-state index in [9.17, 15) is 5.26 Å². The van der Waals surface area contributed by atoms with Gasteiger partial charge in [-0.1, -0.05) is 6.42 Å². The van der Waals surface area contributed by atoms with E-state index in [1.54, 1.807) is 0 Å². The minimum atomic E-state index is 0. The van der Waals surface area contributed by atoms with Crippen molar-refractivity contribution in [2.45, 2.75) is 77.0 Å². The lowest BCUT2D eigenvalue weighted by molar-refractivity contribution is -0.168. The number of guanidine groups is 1. The molecule has 3 aliphatic carbocycles. The van der Waals surface area contributed by atoms with Gasteiger partial charge in [-0.2, -0.15) is 5.26 Å². The van der Waals surface area contributed by atoms with Crippen LogP contribution in [0.1, 0.15) is 58.8 Å². The number of nitrogens with zero attached hydrogens (tertiary/aromatic N) is 2. The molecule has 3 aliphatic rings. The second-order valence-electron chi connectivity index (χ2n) is 7.20. The quantitative estimate of drug-likeness (QED) is 0.387. The summed E-state index contributed by atoms with van der Waals surface area (Å²) in [6.07, 6.45) is 8.54. The molecule has 2 N–H and O–H groups in total. The third kappa shape index (κ3) is 3.67. The van der Waals surface area contributed by atoms with Gasteiger partial charge in [0.15, 0.2) is 5.96 Å². The van der Waals surface area contributed by atoms with Gasteiger partial charge in [-0.15, -0.1) is 24.0 Å². The molecule has 0 bridgehead atoms. The standard InChI is InChI=1S/C18H30N4O.HI/c1-3-20-17(21-14-8-5-7-13(14)12-19)22-15-11-16(23-4-2)18(15)9-6-10-18;/h13-16H,3-11H2,1-2H3,(H2,20,21,22);1H. The Morgan fingerprint density at radius 2 is 2.04 bits per heavy atom. The van der Waals surface area contributed by atoms with Gasteiger partial charge >= 0.3 is 0 Å². The van der Waals surface area contributed by atoms with Gasteiger partial charge in [0, 0.05) is 30.7 Å². The fraction of sp³-hybridized carbons (Fsp3) is 0.889. The van der Waals surface area contributed by atoms with Crippen molar-refractivity contribution >= 4 is 29.9 Å². The van der Waals surface area contributed by atoms with Crippen LogP contribution >= 0.6 is 24.0 Å². The first-order valence-corrected chi connectivity index (χ1v) is 9.32. The number of aliphatic imine (C=N–C) groups is 1. The molecule has 4 atom stereocenters. The normalized spacial score (nSPS) is 33.8. The van der Waals surface area contributed by atoms with Crippen LogP contribution in [-0.4, -0.2) is 37.3 Å². The smallest absolute Gasteiger partial charge is 0.191 e. The van der Waals surface area contributed by atoms with Gasteiger partial charge in [-0.25, -0.2) is 0 Å². The van der Waals surface area contributed by atoms with E-state index in [0.717, 1.165) is 44.8 Å². The summed E-state index contributed by atoms with van der Waals surface area (Å²) >= 11 is 0. The van der Waals surface area contributed by atoms with Gasteiger partial charge in [0.25, 0.3) is 0 Å². The first kappa shape index (κ1) is 19.8. The molecule has 0 amide bonds. The summed E-state index contributed by atoms with van der Waals surface area (Å²) in [5.41, 5.74) is 0.330. The fourth-order valence-electron chi connectivity index (χ4n) is 4.56. The molecule has 0 aliphatic heterocycles. The largest absolute Gasteiger partial charge is 0.378 e. The van der Waals surface area contributed by atoms with Gasteiger partial charge in [-0.3, -0.25) is 4.99 Å². The van der Waals surface area contributed by atoms with Crippen molar-refractivity contribution in [3.05, 3.63) is 0 Å². The number of rotatable bonds is 5. The maximum atomic E-state index is 9.28. The van der Waals surface area contributed by atoms with Crippen molar-refractivity contribution in [1.29, 1.82) is 5.26 Å². The molecule has 0 radical (unpaired) electrons. The minimum Gasteiger partial charge on any atom is -0.378 e. The van der Waals surface area contributed by atoms with Crippen molar-refractivity contribution in [2.75, 3.05) is 13.2 Å². The van der Waals surface area contributed by atoms with E-state index in [2.05, 4.69) is 35.5 Å². The third-order valence-electron chi connectivity index (χ3n) is 6.07. The summed E-state index contributed by atoms with van der Waals surface area (Å²) in [7, 11) is 0. The zero-order valence-electron chi connectivity index (χ0n) is 14.9. The maximum Gasteiger partial charge on any atom is 0.191 e. The molecule has 0 aromatic heterocycles. The zero-order chi connectivity index (χ0) is 16.3. The van der Waals surface area contributed by atoms with Crippen LogP contribution in [0.3, 0.4) is 0 Å².